The molecule has 0 bridgehead atoms. The molecule has 2 aliphatic rings. The van der Waals surface area contributed by atoms with Gasteiger partial charge in [0, 0.05) is 31.5 Å². The van der Waals surface area contributed by atoms with E-state index in [-0.39, 0.29) is 10.7 Å². The van der Waals surface area contributed by atoms with Crippen LogP contribution in [-0.2, 0) is 4.74 Å². The van der Waals surface area contributed by atoms with E-state index >= 15 is 0 Å². The van der Waals surface area contributed by atoms with Gasteiger partial charge in [-0.2, -0.15) is 0 Å². The smallest absolute Gasteiger partial charge is 0.254 e. The number of halogens is 1. The van der Waals surface area contributed by atoms with Crippen LogP contribution in [0.1, 0.15) is 16.8 Å². The Labute approximate surface area is 133 Å². The molecule has 2 aliphatic heterocycles. The van der Waals surface area contributed by atoms with Crippen molar-refractivity contribution in [2.45, 2.75) is 17.3 Å². The van der Waals surface area contributed by atoms with E-state index in [1.807, 2.05) is 16.7 Å². The van der Waals surface area contributed by atoms with Crippen LogP contribution in [-0.4, -0.2) is 54.7 Å². The number of hydrogen-bond donors (Lipinski definition) is 0. The molecule has 114 valence electrons. The number of rotatable bonds is 3. The molecule has 1 aromatic carbocycles. The first kappa shape index (κ1) is 15.0. The highest BCUT2D eigenvalue weighted by molar-refractivity contribution is 8.01. The Hall–Kier alpha value is -0.910. The van der Waals surface area contributed by atoms with Gasteiger partial charge in [-0.05, 0) is 24.6 Å². The standard InChI is InChI=1S/C15H18ClNO3S/c1-19-11-6-15(21-7-11)8-17(9-15)14(18)10-3-4-13(20-2)12(16)5-10/h3-5,11H,6-9H2,1-2H3. The van der Waals surface area contributed by atoms with E-state index in [4.69, 9.17) is 21.1 Å². The minimum atomic E-state index is 0.0339. The molecule has 2 heterocycles. The molecular weight excluding hydrogens is 310 g/mol. The molecule has 6 heteroatoms. The summed E-state index contributed by atoms with van der Waals surface area (Å²) in [6.45, 7) is 1.58. The summed E-state index contributed by atoms with van der Waals surface area (Å²) in [4.78, 5) is 14.3. The summed E-state index contributed by atoms with van der Waals surface area (Å²) in [5.74, 6) is 1.64. The van der Waals surface area contributed by atoms with Crippen molar-refractivity contribution < 1.29 is 14.3 Å². The molecular formula is C15H18ClNO3S. The monoisotopic (exact) mass is 327 g/mol. The van der Waals surface area contributed by atoms with Gasteiger partial charge in [0.25, 0.3) is 5.91 Å². The normalized spacial score (nSPS) is 23.2. The lowest BCUT2D eigenvalue weighted by atomic mass is 9.92. The number of hydrogen-bond acceptors (Lipinski definition) is 4. The molecule has 21 heavy (non-hydrogen) atoms. The Balaban J connectivity index is 1.64. The molecule has 1 aromatic rings. The summed E-state index contributed by atoms with van der Waals surface area (Å²) in [5.41, 5.74) is 0.613. The van der Waals surface area contributed by atoms with E-state index in [0.717, 1.165) is 25.3 Å². The number of carbonyl (C=O) groups is 1. The summed E-state index contributed by atoms with van der Waals surface area (Å²) in [6, 6.07) is 5.17. The van der Waals surface area contributed by atoms with Gasteiger partial charge in [-0.3, -0.25) is 4.79 Å². The molecule has 0 aliphatic carbocycles. The molecule has 4 nitrogen and oxygen atoms in total. The largest absolute Gasteiger partial charge is 0.495 e. The van der Waals surface area contributed by atoms with Crippen molar-refractivity contribution in [3.63, 3.8) is 0 Å². The molecule has 0 aromatic heterocycles. The molecule has 3 rings (SSSR count). The van der Waals surface area contributed by atoms with Crippen molar-refractivity contribution in [1.29, 1.82) is 0 Å². The van der Waals surface area contributed by atoms with Crippen molar-refractivity contribution >= 4 is 29.3 Å². The second-order valence-corrected chi connectivity index (χ2v) is 7.46. The predicted molar refractivity (Wildman–Crippen MR) is 84.5 cm³/mol. The third kappa shape index (κ3) is 2.74. The van der Waals surface area contributed by atoms with Gasteiger partial charge in [0.1, 0.15) is 5.75 Å². The Kier molecular flexibility index (Phi) is 4.08. The lowest BCUT2D eigenvalue weighted by molar-refractivity contribution is 0.0452. The Morgan fingerprint density at radius 3 is 2.76 bits per heavy atom. The van der Waals surface area contributed by atoms with Gasteiger partial charge < -0.3 is 14.4 Å². The average molecular weight is 328 g/mol. The summed E-state index contributed by atoms with van der Waals surface area (Å²) in [5, 5.41) is 0.466. The van der Waals surface area contributed by atoms with Crippen molar-refractivity contribution in [2.75, 3.05) is 33.1 Å². The van der Waals surface area contributed by atoms with Gasteiger partial charge in [0.05, 0.1) is 23.0 Å². The fourth-order valence-corrected chi connectivity index (χ4v) is 4.80. The van der Waals surface area contributed by atoms with Crippen LogP contribution < -0.4 is 4.74 Å². The van der Waals surface area contributed by atoms with Crippen molar-refractivity contribution in [3.8, 4) is 5.75 Å². The van der Waals surface area contributed by atoms with E-state index in [1.165, 1.54) is 0 Å². The maximum atomic E-state index is 12.5. The number of methoxy groups -OCH3 is 2. The molecule has 1 amide bonds. The highest BCUT2D eigenvalue weighted by atomic mass is 35.5. The molecule has 0 saturated carbocycles. The highest BCUT2D eigenvalue weighted by Gasteiger charge is 2.50. The van der Waals surface area contributed by atoms with Gasteiger partial charge in [0.15, 0.2) is 0 Å². The number of nitrogens with zero attached hydrogens (tertiary/aromatic N) is 1. The van der Waals surface area contributed by atoms with Crippen LogP contribution in [0.3, 0.4) is 0 Å². The molecule has 0 radical (unpaired) electrons. The maximum absolute atomic E-state index is 12.5. The van der Waals surface area contributed by atoms with Crippen LogP contribution in [0.4, 0.5) is 0 Å². The first-order valence-electron chi connectivity index (χ1n) is 6.86. The second-order valence-electron chi connectivity index (χ2n) is 5.57. The summed E-state index contributed by atoms with van der Waals surface area (Å²) >= 11 is 8.01. The van der Waals surface area contributed by atoms with E-state index in [1.54, 1.807) is 32.4 Å². The number of thioether (sulfide) groups is 1. The molecule has 2 saturated heterocycles. The Morgan fingerprint density at radius 2 is 2.19 bits per heavy atom. The third-order valence-corrected chi connectivity index (χ3v) is 6.02. The SMILES string of the molecule is COc1ccc(C(=O)N2CC3(CC(OC)CS3)C2)cc1Cl. The Morgan fingerprint density at radius 1 is 1.43 bits per heavy atom. The van der Waals surface area contributed by atoms with E-state index in [0.29, 0.717) is 22.4 Å². The van der Waals surface area contributed by atoms with Crippen LogP contribution in [0.2, 0.25) is 5.02 Å². The second kappa shape index (κ2) is 5.71. The molecule has 2 fully saturated rings. The van der Waals surface area contributed by atoms with Gasteiger partial charge >= 0.3 is 0 Å². The number of amides is 1. The molecule has 1 unspecified atom stereocenters. The minimum absolute atomic E-state index is 0.0339. The average Bonchev–Trinajstić information content (AvgIpc) is 2.89. The van der Waals surface area contributed by atoms with Crippen LogP contribution in [0, 0.1) is 0 Å². The lowest BCUT2D eigenvalue weighted by Gasteiger charge is -2.47. The molecule has 1 spiro atoms. The van der Waals surface area contributed by atoms with Crippen LogP contribution in [0.5, 0.6) is 5.75 Å². The number of ether oxygens (including phenoxy) is 2. The molecule has 1 atom stereocenters. The minimum Gasteiger partial charge on any atom is -0.495 e. The number of carbonyl (C=O) groups excluding carboxylic acids is 1. The summed E-state index contributed by atoms with van der Waals surface area (Å²) in [7, 11) is 3.32. The van der Waals surface area contributed by atoms with Crippen LogP contribution in [0.25, 0.3) is 0 Å². The van der Waals surface area contributed by atoms with Crippen molar-refractivity contribution in [1.82, 2.24) is 4.90 Å². The first-order chi connectivity index (χ1) is 10.1. The topological polar surface area (TPSA) is 38.8 Å². The number of benzene rings is 1. The fourth-order valence-electron chi connectivity index (χ4n) is 2.95. The van der Waals surface area contributed by atoms with Gasteiger partial charge in [-0.15, -0.1) is 11.8 Å². The maximum Gasteiger partial charge on any atom is 0.254 e. The first-order valence-corrected chi connectivity index (χ1v) is 8.23. The zero-order valence-corrected chi connectivity index (χ0v) is 13.7. The van der Waals surface area contributed by atoms with E-state index in [9.17, 15) is 4.79 Å². The quantitative estimate of drug-likeness (QED) is 0.855. The van der Waals surface area contributed by atoms with Gasteiger partial charge in [0.2, 0.25) is 0 Å². The van der Waals surface area contributed by atoms with Crippen molar-refractivity contribution in [3.05, 3.63) is 28.8 Å². The zero-order valence-electron chi connectivity index (χ0n) is 12.1. The van der Waals surface area contributed by atoms with Crippen LogP contribution in [0.15, 0.2) is 18.2 Å². The number of likely N-dealkylation sites (tertiary alicyclic amines) is 1. The molecule has 0 N–H and O–H groups in total. The lowest BCUT2D eigenvalue weighted by Crippen LogP contribution is -2.60. The van der Waals surface area contributed by atoms with Crippen LogP contribution >= 0.6 is 23.4 Å². The highest BCUT2D eigenvalue weighted by Crippen LogP contribution is 2.46. The van der Waals surface area contributed by atoms with Crippen molar-refractivity contribution in [2.24, 2.45) is 0 Å². The fraction of sp³-hybridized carbons (Fsp3) is 0.533. The zero-order chi connectivity index (χ0) is 15.0. The van der Waals surface area contributed by atoms with Gasteiger partial charge in [-0.25, -0.2) is 0 Å². The Bertz CT molecular complexity index is 560. The third-order valence-electron chi connectivity index (χ3n) is 4.15. The van der Waals surface area contributed by atoms with Gasteiger partial charge in [-0.1, -0.05) is 11.6 Å². The summed E-state index contributed by atoms with van der Waals surface area (Å²) < 4.78 is 10.7. The van der Waals surface area contributed by atoms with E-state index in [2.05, 4.69) is 0 Å². The van der Waals surface area contributed by atoms with E-state index < -0.39 is 0 Å². The summed E-state index contributed by atoms with van der Waals surface area (Å²) in [6.07, 6.45) is 1.35. The predicted octanol–water partition coefficient (Wildman–Crippen LogP) is 2.70.